The first-order valence-corrected chi connectivity index (χ1v) is 20.1. The Kier molecular flexibility index (Phi) is 9.38. The number of imide groups is 2. The molecule has 0 aliphatic carbocycles. The van der Waals surface area contributed by atoms with Crippen LogP contribution in [0.25, 0.3) is 55.6 Å². The summed E-state index contributed by atoms with van der Waals surface area (Å²) in [5.41, 5.74) is 9.98. The molecular formula is C54H36N2O6. The molecule has 0 unspecified atom stereocenters. The van der Waals surface area contributed by atoms with E-state index in [4.69, 9.17) is 9.47 Å². The van der Waals surface area contributed by atoms with Gasteiger partial charge in [0.15, 0.2) is 0 Å². The highest BCUT2D eigenvalue weighted by atomic mass is 16.5. The van der Waals surface area contributed by atoms with Gasteiger partial charge >= 0.3 is 0 Å². The van der Waals surface area contributed by atoms with Crippen LogP contribution in [-0.4, -0.2) is 47.5 Å². The normalized spacial score (nSPS) is 13.1. The summed E-state index contributed by atoms with van der Waals surface area (Å²) >= 11 is 0. The SMILES string of the molecule is CN1C(=O)c2ccc(Oc3c(-c4ccccc4)cc(-c4cc(-c5ccccc5)c(Oc5ccc6c(c5)C(=O)N(C)C6=O)c(-c5ccccc5)c4)cc3-c3ccccc3)cc2C1=O. The summed E-state index contributed by atoms with van der Waals surface area (Å²) in [5.74, 6) is 0.571. The lowest BCUT2D eigenvalue weighted by Crippen LogP contribution is -2.24. The number of ether oxygens (including phenoxy) is 2. The predicted octanol–water partition coefficient (Wildman–Crippen LogP) is 12.1. The zero-order valence-corrected chi connectivity index (χ0v) is 33.7. The Labute approximate surface area is 357 Å². The van der Waals surface area contributed by atoms with Crippen molar-refractivity contribution in [3.05, 3.63) is 204 Å². The Balaban J connectivity index is 1.20. The second-order valence-corrected chi connectivity index (χ2v) is 15.2. The topological polar surface area (TPSA) is 93.2 Å². The standard InChI is InChI=1S/C54H36N2O6/c1-55-51(57)41-25-23-39(31-47(41)53(55)59)61-49-43(33-15-7-3-8-16-33)27-37(28-44(49)34-17-9-4-10-18-34)38-29-45(35-19-11-5-12-20-35)50(46(30-38)36-21-13-6-14-22-36)62-40-24-26-42-48(32-40)54(60)56(2)52(42)58/h3-32H,1-2H3. The molecule has 8 aromatic rings. The maximum atomic E-state index is 13.1. The van der Waals surface area contributed by atoms with Gasteiger partial charge in [-0.05, 0) is 94.0 Å². The van der Waals surface area contributed by atoms with Crippen molar-refractivity contribution in [1.82, 2.24) is 9.80 Å². The molecule has 0 saturated heterocycles. The molecule has 0 bridgehead atoms. The molecule has 2 aliphatic rings. The summed E-state index contributed by atoms with van der Waals surface area (Å²) in [6, 6.07) is 58.5. The number of rotatable bonds is 9. The third kappa shape index (κ3) is 6.60. The lowest BCUT2D eigenvalue weighted by atomic mass is 9.88. The molecule has 298 valence electrons. The number of benzene rings is 8. The van der Waals surface area contributed by atoms with Gasteiger partial charge in [-0.1, -0.05) is 121 Å². The highest BCUT2D eigenvalue weighted by molar-refractivity contribution is 6.22. The van der Waals surface area contributed by atoms with E-state index in [0.717, 1.165) is 65.4 Å². The second kappa shape index (κ2) is 15.3. The van der Waals surface area contributed by atoms with Gasteiger partial charge < -0.3 is 9.47 Å². The van der Waals surface area contributed by atoms with Crippen LogP contribution < -0.4 is 9.47 Å². The van der Waals surface area contributed by atoms with E-state index < -0.39 is 0 Å². The van der Waals surface area contributed by atoms with E-state index in [1.807, 2.05) is 121 Å². The van der Waals surface area contributed by atoms with E-state index in [2.05, 4.69) is 24.3 Å². The molecule has 2 aliphatic heterocycles. The molecule has 0 saturated carbocycles. The molecule has 0 atom stereocenters. The smallest absolute Gasteiger partial charge is 0.261 e. The van der Waals surface area contributed by atoms with Crippen molar-refractivity contribution in [2.24, 2.45) is 0 Å². The Hall–Kier alpha value is -8.36. The molecule has 10 rings (SSSR count). The average Bonchev–Trinajstić information content (AvgIpc) is 3.67. The lowest BCUT2D eigenvalue weighted by molar-refractivity contribution is 0.0677. The van der Waals surface area contributed by atoms with Gasteiger partial charge in [0.05, 0.1) is 22.3 Å². The maximum Gasteiger partial charge on any atom is 0.261 e. The number of carbonyl (C=O) groups excluding carboxylic acids is 4. The molecule has 8 nitrogen and oxygen atoms in total. The van der Waals surface area contributed by atoms with Crippen molar-refractivity contribution < 1.29 is 28.7 Å². The van der Waals surface area contributed by atoms with Gasteiger partial charge in [-0.15, -0.1) is 0 Å². The van der Waals surface area contributed by atoms with Crippen LogP contribution in [0, 0.1) is 0 Å². The molecule has 62 heavy (non-hydrogen) atoms. The first-order chi connectivity index (χ1) is 30.2. The highest BCUT2D eigenvalue weighted by Crippen LogP contribution is 2.49. The van der Waals surface area contributed by atoms with Crippen LogP contribution in [0.15, 0.2) is 182 Å². The van der Waals surface area contributed by atoms with E-state index in [-0.39, 0.29) is 23.6 Å². The van der Waals surface area contributed by atoms with Crippen molar-refractivity contribution in [3.63, 3.8) is 0 Å². The minimum absolute atomic E-state index is 0.297. The van der Waals surface area contributed by atoms with Crippen LogP contribution in [0.1, 0.15) is 41.4 Å². The molecular weight excluding hydrogens is 773 g/mol. The van der Waals surface area contributed by atoms with Gasteiger partial charge in [-0.25, -0.2) is 0 Å². The van der Waals surface area contributed by atoms with Crippen molar-refractivity contribution in [3.8, 4) is 78.6 Å². The zero-order valence-electron chi connectivity index (χ0n) is 33.7. The van der Waals surface area contributed by atoms with Crippen molar-refractivity contribution in [1.29, 1.82) is 0 Å². The van der Waals surface area contributed by atoms with Gasteiger partial charge in [-0.2, -0.15) is 0 Å². The molecule has 0 radical (unpaired) electrons. The van der Waals surface area contributed by atoms with Crippen LogP contribution in [0.3, 0.4) is 0 Å². The monoisotopic (exact) mass is 808 g/mol. The number of fused-ring (bicyclic) bond motifs is 2. The molecule has 0 fully saturated rings. The quantitative estimate of drug-likeness (QED) is 0.135. The minimum atomic E-state index is -0.374. The molecule has 4 amide bonds. The molecule has 0 aromatic heterocycles. The van der Waals surface area contributed by atoms with E-state index in [1.54, 1.807) is 36.4 Å². The van der Waals surface area contributed by atoms with Crippen molar-refractivity contribution in [2.75, 3.05) is 14.1 Å². The van der Waals surface area contributed by atoms with Crippen molar-refractivity contribution >= 4 is 23.6 Å². The lowest BCUT2D eigenvalue weighted by Gasteiger charge is -2.21. The summed E-state index contributed by atoms with van der Waals surface area (Å²) in [5, 5.41) is 0. The van der Waals surface area contributed by atoms with E-state index in [1.165, 1.54) is 14.1 Å². The average molecular weight is 809 g/mol. The first-order valence-electron chi connectivity index (χ1n) is 20.1. The summed E-state index contributed by atoms with van der Waals surface area (Å²) < 4.78 is 13.7. The van der Waals surface area contributed by atoms with Crippen LogP contribution in [-0.2, 0) is 0 Å². The van der Waals surface area contributed by atoms with E-state index >= 15 is 0 Å². The zero-order chi connectivity index (χ0) is 42.5. The Morgan fingerprint density at radius 2 is 0.565 bits per heavy atom. The van der Waals surface area contributed by atoms with Gasteiger partial charge in [0.1, 0.15) is 23.0 Å². The van der Waals surface area contributed by atoms with Gasteiger partial charge in [0.25, 0.3) is 23.6 Å². The predicted molar refractivity (Wildman–Crippen MR) is 240 cm³/mol. The van der Waals surface area contributed by atoms with E-state index in [9.17, 15) is 19.2 Å². The molecule has 0 spiro atoms. The van der Waals surface area contributed by atoms with E-state index in [0.29, 0.717) is 45.3 Å². The molecule has 8 heteroatoms. The largest absolute Gasteiger partial charge is 0.456 e. The number of hydrogen-bond acceptors (Lipinski definition) is 6. The molecule has 8 aromatic carbocycles. The van der Waals surface area contributed by atoms with Crippen molar-refractivity contribution in [2.45, 2.75) is 0 Å². The van der Waals surface area contributed by atoms with Crippen LogP contribution in [0.5, 0.6) is 23.0 Å². The van der Waals surface area contributed by atoms with Gasteiger partial charge in [0, 0.05) is 36.3 Å². The number of amides is 4. The third-order valence-electron chi connectivity index (χ3n) is 11.4. The first kappa shape index (κ1) is 37.9. The van der Waals surface area contributed by atoms with Crippen LogP contribution in [0.4, 0.5) is 0 Å². The maximum absolute atomic E-state index is 13.1. The summed E-state index contributed by atoms with van der Waals surface area (Å²) in [4.78, 5) is 53.9. The molecule has 0 N–H and O–H groups in total. The fourth-order valence-corrected chi connectivity index (χ4v) is 8.18. The Morgan fingerprint density at radius 3 is 0.855 bits per heavy atom. The number of hydrogen-bond donors (Lipinski definition) is 0. The highest BCUT2D eigenvalue weighted by Gasteiger charge is 2.34. The summed E-state index contributed by atoms with van der Waals surface area (Å²) in [6.07, 6.45) is 0. The third-order valence-corrected chi connectivity index (χ3v) is 11.4. The summed E-state index contributed by atoms with van der Waals surface area (Å²) in [7, 11) is 2.96. The Morgan fingerprint density at radius 1 is 0.290 bits per heavy atom. The van der Waals surface area contributed by atoms with Gasteiger partial charge in [0.2, 0.25) is 0 Å². The fourth-order valence-electron chi connectivity index (χ4n) is 8.18. The number of nitrogens with zero attached hydrogens (tertiary/aromatic N) is 2. The second-order valence-electron chi connectivity index (χ2n) is 15.2. The minimum Gasteiger partial charge on any atom is -0.456 e. The molecule has 2 heterocycles. The fraction of sp³-hybridized carbons (Fsp3) is 0.0370. The van der Waals surface area contributed by atoms with Gasteiger partial charge in [-0.3, -0.25) is 29.0 Å². The number of carbonyl (C=O) groups is 4. The summed E-state index contributed by atoms with van der Waals surface area (Å²) in [6.45, 7) is 0. The van der Waals surface area contributed by atoms with Crippen LogP contribution >= 0.6 is 0 Å². The Bertz CT molecular complexity index is 2780. The van der Waals surface area contributed by atoms with Crippen LogP contribution in [0.2, 0.25) is 0 Å².